The summed E-state index contributed by atoms with van der Waals surface area (Å²) in [5.74, 6) is -0.416. The van der Waals surface area contributed by atoms with Crippen molar-refractivity contribution in [2.75, 3.05) is 4.90 Å². The van der Waals surface area contributed by atoms with Crippen molar-refractivity contribution in [3.8, 4) is 16.9 Å². The summed E-state index contributed by atoms with van der Waals surface area (Å²) in [7, 11) is 0. The molecule has 0 saturated heterocycles. The average molecular weight is 575 g/mol. The number of rotatable bonds is 4. The molecule has 1 aliphatic heterocycles. The Bertz CT molecular complexity index is 1480. The van der Waals surface area contributed by atoms with Gasteiger partial charge in [-0.1, -0.05) is 75.7 Å². The Labute approximate surface area is 227 Å². The Morgan fingerprint density at radius 3 is 2.24 bits per heavy atom. The molecule has 2 amide bonds. The van der Waals surface area contributed by atoms with E-state index in [1.54, 1.807) is 0 Å². The molecule has 0 aliphatic carbocycles. The molecule has 5 rings (SSSR count). The van der Waals surface area contributed by atoms with Gasteiger partial charge in [0.15, 0.2) is 5.17 Å². The van der Waals surface area contributed by atoms with E-state index < -0.39 is 5.37 Å². The number of anilines is 1. The topological polar surface area (TPSA) is 70.8 Å². The van der Waals surface area contributed by atoms with E-state index in [0.717, 1.165) is 32.5 Å². The van der Waals surface area contributed by atoms with Gasteiger partial charge >= 0.3 is 0 Å². The van der Waals surface area contributed by atoms with Crippen LogP contribution in [-0.2, 0) is 9.59 Å². The van der Waals surface area contributed by atoms with Crippen molar-refractivity contribution in [2.45, 2.75) is 26.1 Å². The van der Waals surface area contributed by atoms with Crippen LogP contribution in [0.15, 0.2) is 94.6 Å². The Balaban J connectivity index is 1.61. The maximum atomic E-state index is 12.8. The summed E-state index contributed by atoms with van der Waals surface area (Å²) in [6.45, 7) is 5.01. The second kappa shape index (κ2) is 10.4. The predicted octanol–water partition coefficient (Wildman–Crippen LogP) is 6.53. The van der Waals surface area contributed by atoms with Crippen molar-refractivity contribution >= 4 is 50.4 Å². The van der Waals surface area contributed by atoms with Crippen LogP contribution in [0.25, 0.3) is 16.9 Å². The Kier molecular flexibility index (Phi) is 6.99. The van der Waals surface area contributed by atoms with Crippen molar-refractivity contribution in [2.24, 2.45) is 5.10 Å². The molecule has 1 unspecified atom stereocenters. The molecule has 0 saturated carbocycles. The number of halogens is 1. The lowest BCUT2D eigenvalue weighted by molar-refractivity contribution is -0.129. The molecule has 37 heavy (non-hydrogen) atoms. The molecule has 4 aromatic rings. The smallest absolute Gasteiger partial charge is 0.241 e. The van der Waals surface area contributed by atoms with Crippen LogP contribution in [0.4, 0.5) is 5.69 Å². The zero-order valence-electron chi connectivity index (χ0n) is 20.5. The molecule has 0 N–H and O–H groups in total. The van der Waals surface area contributed by atoms with E-state index in [1.807, 2.05) is 96.7 Å². The Hall–Kier alpha value is -3.69. The number of hydrogen-bond donors (Lipinski definition) is 0. The van der Waals surface area contributed by atoms with Crippen molar-refractivity contribution in [1.29, 1.82) is 0 Å². The highest BCUT2D eigenvalue weighted by Crippen LogP contribution is 2.44. The van der Waals surface area contributed by atoms with Crippen LogP contribution < -0.4 is 4.90 Å². The van der Waals surface area contributed by atoms with Gasteiger partial charge in [0, 0.05) is 35.6 Å². The van der Waals surface area contributed by atoms with Gasteiger partial charge < -0.3 is 0 Å². The van der Waals surface area contributed by atoms with Crippen molar-refractivity contribution in [1.82, 2.24) is 14.8 Å². The molecular formula is C28H24BrN5O2S. The fraction of sp³-hybridized carbons (Fsp3) is 0.143. The lowest BCUT2D eigenvalue weighted by Gasteiger charge is -2.20. The van der Waals surface area contributed by atoms with Gasteiger partial charge in [-0.2, -0.15) is 5.10 Å². The number of hydrazone groups is 1. The molecule has 9 heteroatoms. The first kappa shape index (κ1) is 25.0. The molecule has 1 aromatic heterocycles. The monoisotopic (exact) mass is 573 g/mol. The van der Waals surface area contributed by atoms with Gasteiger partial charge in [-0.15, -0.1) is 5.10 Å². The number of nitrogens with zero attached hydrogens (tertiary/aromatic N) is 5. The lowest BCUT2D eigenvalue weighted by atomic mass is 10.1. The van der Waals surface area contributed by atoms with E-state index in [4.69, 9.17) is 5.10 Å². The van der Waals surface area contributed by atoms with Crippen LogP contribution in [0.3, 0.4) is 0 Å². The van der Waals surface area contributed by atoms with Gasteiger partial charge in [-0.3, -0.25) is 14.5 Å². The van der Waals surface area contributed by atoms with Crippen LogP contribution in [0.1, 0.15) is 30.3 Å². The van der Waals surface area contributed by atoms with E-state index in [2.05, 4.69) is 21.0 Å². The number of benzene rings is 3. The summed E-state index contributed by atoms with van der Waals surface area (Å²) in [4.78, 5) is 27.0. The van der Waals surface area contributed by atoms with Crippen LogP contribution in [0.5, 0.6) is 0 Å². The molecule has 0 spiro atoms. The van der Waals surface area contributed by atoms with E-state index in [1.165, 1.54) is 35.5 Å². The molecule has 1 aliphatic rings. The second-order valence-corrected chi connectivity index (χ2v) is 10.6. The molecule has 3 aromatic carbocycles. The van der Waals surface area contributed by atoms with Crippen molar-refractivity contribution in [3.63, 3.8) is 0 Å². The molecule has 1 atom stereocenters. The predicted molar refractivity (Wildman–Crippen MR) is 151 cm³/mol. The SMILES string of the molecule is CC(=O)N(C1=NN(C(C)=O)C(c2cn(-c3ccc(Br)cc3)nc2-c2ccc(C)cc2)S1)c1ccccc1. The highest BCUT2D eigenvalue weighted by Gasteiger charge is 2.38. The number of aromatic nitrogens is 2. The zero-order chi connectivity index (χ0) is 26.1. The van der Waals surface area contributed by atoms with E-state index >= 15 is 0 Å². The summed E-state index contributed by atoms with van der Waals surface area (Å²) in [5, 5.41) is 10.9. The first-order chi connectivity index (χ1) is 17.8. The first-order valence-electron chi connectivity index (χ1n) is 11.6. The fourth-order valence-corrected chi connectivity index (χ4v) is 5.61. The minimum atomic E-state index is -0.501. The van der Waals surface area contributed by atoms with Crippen LogP contribution in [0, 0.1) is 6.92 Å². The Morgan fingerprint density at radius 1 is 0.946 bits per heavy atom. The highest BCUT2D eigenvalue weighted by atomic mass is 79.9. The van der Waals surface area contributed by atoms with Gasteiger partial charge in [0.1, 0.15) is 5.37 Å². The standard InChI is InChI=1S/C28H24BrN5O2S/c1-18-9-11-21(12-10-18)26-25(17-32(30-26)23-15-13-22(29)14-16-23)27-34(20(3)36)31-28(37-27)33(19(2)35)24-7-5-4-6-8-24/h4-17,27H,1-3H3. The summed E-state index contributed by atoms with van der Waals surface area (Å²) in [6, 6.07) is 25.3. The number of thioether (sulfide) groups is 1. The first-order valence-corrected chi connectivity index (χ1v) is 13.3. The van der Waals surface area contributed by atoms with Gasteiger partial charge in [-0.25, -0.2) is 9.69 Å². The number of hydrogen-bond acceptors (Lipinski definition) is 5. The molecule has 0 bridgehead atoms. The second-order valence-electron chi connectivity index (χ2n) is 8.63. The molecular weight excluding hydrogens is 550 g/mol. The van der Waals surface area contributed by atoms with E-state index in [0.29, 0.717) is 10.9 Å². The van der Waals surface area contributed by atoms with Crippen LogP contribution in [-0.4, -0.2) is 31.8 Å². The Morgan fingerprint density at radius 2 is 1.62 bits per heavy atom. The van der Waals surface area contributed by atoms with Gasteiger partial charge in [-0.05, 0) is 43.3 Å². The summed E-state index contributed by atoms with van der Waals surface area (Å²) in [6.07, 6.45) is 1.94. The maximum Gasteiger partial charge on any atom is 0.241 e. The molecule has 186 valence electrons. The van der Waals surface area contributed by atoms with Crippen molar-refractivity contribution in [3.05, 3.63) is 101 Å². The summed E-state index contributed by atoms with van der Waals surface area (Å²) in [5.41, 5.74) is 5.22. The van der Waals surface area contributed by atoms with Gasteiger partial charge in [0.25, 0.3) is 0 Å². The average Bonchev–Trinajstić information content (AvgIpc) is 3.51. The zero-order valence-corrected chi connectivity index (χ0v) is 22.9. The molecule has 0 radical (unpaired) electrons. The number of carbonyl (C=O) groups excluding carboxylic acids is 2. The third kappa shape index (κ3) is 5.10. The van der Waals surface area contributed by atoms with E-state index in [-0.39, 0.29) is 11.8 Å². The number of amidine groups is 1. The number of para-hydroxylation sites is 1. The third-order valence-electron chi connectivity index (χ3n) is 5.90. The van der Waals surface area contributed by atoms with Crippen molar-refractivity contribution < 1.29 is 9.59 Å². The maximum absolute atomic E-state index is 12.8. The normalized spacial score (nSPS) is 15.0. The highest BCUT2D eigenvalue weighted by molar-refractivity contribution is 9.10. The minimum absolute atomic E-state index is 0.189. The van der Waals surface area contributed by atoms with Crippen LogP contribution in [0.2, 0.25) is 0 Å². The number of aryl methyl sites for hydroxylation is 1. The third-order valence-corrected chi connectivity index (χ3v) is 7.58. The summed E-state index contributed by atoms with van der Waals surface area (Å²) >= 11 is 4.84. The van der Waals surface area contributed by atoms with Gasteiger partial charge in [0.05, 0.1) is 17.1 Å². The van der Waals surface area contributed by atoms with E-state index in [9.17, 15) is 9.59 Å². The lowest BCUT2D eigenvalue weighted by Crippen LogP contribution is -2.32. The number of amides is 2. The molecule has 2 heterocycles. The number of carbonyl (C=O) groups is 2. The van der Waals surface area contributed by atoms with Crippen LogP contribution >= 0.6 is 27.7 Å². The molecule has 0 fully saturated rings. The fourth-order valence-electron chi connectivity index (χ4n) is 4.08. The quantitative estimate of drug-likeness (QED) is 0.278. The minimum Gasteiger partial charge on any atom is -0.274 e. The summed E-state index contributed by atoms with van der Waals surface area (Å²) < 4.78 is 2.79. The largest absolute Gasteiger partial charge is 0.274 e. The molecule has 7 nitrogen and oxygen atoms in total. The van der Waals surface area contributed by atoms with Gasteiger partial charge in [0.2, 0.25) is 11.8 Å².